The summed E-state index contributed by atoms with van der Waals surface area (Å²) in [4.78, 5) is 25.5. The van der Waals surface area contributed by atoms with E-state index in [0.29, 0.717) is 18.7 Å². The largest absolute Gasteiger partial charge is 0.396 e. The summed E-state index contributed by atoms with van der Waals surface area (Å²) in [7, 11) is 0. The van der Waals surface area contributed by atoms with Crippen LogP contribution in [0.2, 0.25) is 0 Å². The van der Waals surface area contributed by atoms with Crippen LogP contribution in [0.4, 0.5) is 4.39 Å². The molecule has 1 atom stereocenters. The van der Waals surface area contributed by atoms with E-state index in [0.717, 1.165) is 6.42 Å². The summed E-state index contributed by atoms with van der Waals surface area (Å²) < 4.78 is 12.7. The van der Waals surface area contributed by atoms with Crippen molar-refractivity contribution in [1.82, 2.24) is 4.90 Å². The number of amides is 1. The molecule has 4 nitrogen and oxygen atoms in total. The van der Waals surface area contributed by atoms with Gasteiger partial charge in [-0.15, -0.1) is 0 Å². The van der Waals surface area contributed by atoms with Crippen molar-refractivity contribution in [3.05, 3.63) is 35.6 Å². The molecule has 2 rings (SSSR count). The molecule has 1 saturated heterocycles. The second kappa shape index (κ2) is 6.61. The van der Waals surface area contributed by atoms with Crippen LogP contribution >= 0.6 is 0 Å². The van der Waals surface area contributed by atoms with Crippen LogP contribution in [0.1, 0.15) is 29.6 Å². The SMILES string of the molecule is O=C(CCC(=O)N1CCC(CO)C1)c1ccc(F)cc1. The van der Waals surface area contributed by atoms with Gasteiger partial charge in [-0.25, -0.2) is 4.39 Å². The van der Waals surface area contributed by atoms with Crippen molar-refractivity contribution in [3.63, 3.8) is 0 Å². The number of carbonyl (C=O) groups is 2. The van der Waals surface area contributed by atoms with E-state index in [-0.39, 0.29) is 42.9 Å². The Morgan fingerprint density at radius 2 is 1.95 bits per heavy atom. The van der Waals surface area contributed by atoms with E-state index in [9.17, 15) is 14.0 Å². The molecule has 0 bridgehead atoms. The van der Waals surface area contributed by atoms with Gasteiger partial charge in [0.25, 0.3) is 0 Å². The van der Waals surface area contributed by atoms with Crippen LogP contribution in [-0.4, -0.2) is 41.4 Å². The Labute approximate surface area is 117 Å². The average molecular weight is 279 g/mol. The fraction of sp³-hybridized carbons (Fsp3) is 0.467. The van der Waals surface area contributed by atoms with Crippen molar-refractivity contribution in [2.24, 2.45) is 5.92 Å². The highest BCUT2D eigenvalue weighted by molar-refractivity contribution is 5.97. The molecule has 1 unspecified atom stereocenters. The van der Waals surface area contributed by atoms with Crippen LogP contribution in [0.15, 0.2) is 24.3 Å². The lowest BCUT2D eigenvalue weighted by Crippen LogP contribution is -2.29. The van der Waals surface area contributed by atoms with E-state index in [1.807, 2.05) is 0 Å². The Bertz CT molecular complexity index is 486. The topological polar surface area (TPSA) is 57.6 Å². The van der Waals surface area contributed by atoms with Gasteiger partial charge in [-0.1, -0.05) is 0 Å². The summed E-state index contributed by atoms with van der Waals surface area (Å²) in [5, 5.41) is 9.03. The lowest BCUT2D eigenvalue weighted by Gasteiger charge is -2.15. The molecule has 1 amide bonds. The maximum absolute atomic E-state index is 12.7. The summed E-state index contributed by atoms with van der Waals surface area (Å²) >= 11 is 0. The highest BCUT2D eigenvalue weighted by Gasteiger charge is 2.25. The predicted molar refractivity (Wildman–Crippen MR) is 71.7 cm³/mol. The van der Waals surface area contributed by atoms with E-state index in [4.69, 9.17) is 5.11 Å². The molecule has 0 aliphatic carbocycles. The maximum atomic E-state index is 12.7. The lowest BCUT2D eigenvalue weighted by molar-refractivity contribution is -0.130. The number of hydrogen-bond acceptors (Lipinski definition) is 3. The molecule has 5 heteroatoms. The Hall–Kier alpha value is -1.75. The third-order valence-corrected chi connectivity index (χ3v) is 3.63. The van der Waals surface area contributed by atoms with Crippen LogP contribution in [0, 0.1) is 11.7 Å². The van der Waals surface area contributed by atoms with Crippen LogP contribution < -0.4 is 0 Å². The number of aliphatic hydroxyl groups is 1. The van der Waals surface area contributed by atoms with E-state index >= 15 is 0 Å². The van der Waals surface area contributed by atoms with Gasteiger partial charge in [-0.05, 0) is 30.7 Å². The Morgan fingerprint density at radius 3 is 2.55 bits per heavy atom. The number of likely N-dealkylation sites (tertiary alicyclic amines) is 1. The molecule has 1 aromatic rings. The van der Waals surface area contributed by atoms with E-state index in [2.05, 4.69) is 0 Å². The van der Waals surface area contributed by atoms with Gasteiger partial charge in [0.1, 0.15) is 5.82 Å². The molecule has 1 aliphatic rings. The van der Waals surface area contributed by atoms with Gasteiger partial charge in [-0.3, -0.25) is 9.59 Å². The normalized spacial score (nSPS) is 18.3. The van der Waals surface area contributed by atoms with E-state index in [1.54, 1.807) is 4.90 Å². The lowest BCUT2D eigenvalue weighted by atomic mass is 10.1. The molecule has 1 fully saturated rings. The van der Waals surface area contributed by atoms with Crippen LogP contribution in [-0.2, 0) is 4.79 Å². The molecule has 0 saturated carbocycles. The van der Waals surface area contributed by atoms with Crippen molar-refractivity contribution >= 4 is 11.7 Å². The second-order valence-electron chi connectivity index (χ2n) is 5.11. The molecule has 1 aliphatic heterocycles. The zero-order chi connectivity index (χ0) is 14.5. The number of Topliss-reactive ketones (excluding diaryl/α,β-unsaturated/α-hetero) is 1. The highest BCUT2D eigenvalue weighted by atomic mass is 19.1. The second-order valence-corrected chi connectivity index (χ2v) is 5.11. The van der Waals surface area contributed by atoms with Crippen LogP contribution in [0.3, 0.4) is 0 Å². The molecule has 0 radical (unpaired) electrons. The molecule has 1 aromatic carbocycles. The molecular formula is C15H18FNO3. The molecular weight excluding hydrogens is 261 g/mol. The number of benzene rings is 1. The molecule has 1 heterocycles. The minimum atomic E-state index is -0.385. The quantitative estimate of drug-likeness (QED) is 0.833. The van der Waals surface area contributed by atoms with Gasteiger partial charge in [0, 0.05) is 44.0 Å². The number of rotatable bonds is 5. The summed E-state index contributed by atoms with van der Waals surface area (Å²) in [5.74, 6) is -0.441. The molecule has 20 heavy (non-hydrogen) atoms. The minimum absolute atomic E-state index is 0.0589. The van der Waals surface area contributed by atoms with Gasteiger partial charge in [-0.2, -0.15) is 0 Å². The summed E-state index contributed by atoms with van der Waals surface area (Å²) in [5.41, 5.74) is 0.425. The Kier molecular flexibility index (Phi) is 4.84. The first-order valence-electron chi connectivity index (χ1n) is 6.77. The first kappa shape index (κ1) is 14.7. The molecule has 1 N–H and O–H groups in total. The maximum Gasteiger partial charge on any atom is 0.223 e. The standard InChI is InChI=1S/C15H18FNO3/c16-13-3-1-12(2-4-13)14(19)5-6-15(20)17-8-7-11(9-17)10-18/h1-4,11,18H,5-10H2. The van der Waals surface area contributed by atoms with Crippen molar-refractivity contribution in [2.45, 2.75) is 19.3 Å². The molecule has 0 aromatic heterocycles. The van der Waals surface area contributed by atoms with E-state index in [1.165, 1.54) is 24.3 Å². The number of carbonyl (C=O) groups excluding carboxylic acids is 2. The monoisotopic (exact) mass is 279 g/mol. The molecule has 0 spiro atoms. The average Bonchev–Trinajstić information content (AvgIpc) is 2.94. The van der Waals surface area contributed by atoms with Crippen LogP contribution in [0.25, 0.3) is 0 Å². The third kappa shape index (κ3) is 3.63. The molecule has 108 valence electrons. The Morgan fingerprint density at radius 1 is 1.25 bits per heavy atom. The van der Waals surface area contributed by atoms with Crippen LogP contribution in [0.5, 0.6) is 0 Å². The summed E-state index contributed by atoms with van der Waals surface area (Å²) in [6, 6.07) is 5.34. The minimum Gasteiger partial charge on any atom is -0.396 e. The van der Waals surface area contributed by atoms with Gasteiger partial charge >= 0.3 is 0 Å². The first-order valence-corrected chi connectivity index (χ1v) is 6.77. The number of halogens is 1. The fourth-order valence-electron chi connectivity index (χ4n) is 2.37. The Balaban J connectivity index is 1.81. The smallest absolute Gasteiger partial charge is 0.223 e. The predicted octanol–water partition coefficient (Wildman–Crippen LogP) is 1.63. The van der Waals surface area contributed by atoms with Gasteiger partial charge in [0.2, 0.25) is 5.91 Å². The van der Waals surface area contributed by atoms with E-state index < -0.39 is 0 Å². The zero-order valence-electron chi connectivity index (χ0n) is 11.2. The van der Waals surface area contributed by atoms with Gasteiger partial charge < -0.3 is 10.0 Å². The number of aliphatic hydroxyl groups excluding tert-OH is 1. The zero-order valence-corrected chi connectivity index (χ0v) is 11.2. The van der Waals surface area contributed by atoms with Crippen molar-refractivity contribution in [2.75, 3.05) is 19.7 Å². The number of hydrogen-bond donors (Lipinski definition) is 1. The third-order valence-electron chi connectivity index (χ3n) is 3.63. The van der Waals surface area contributed by atoms with Crippen molar-refractivity contribution < 1.29 is 19.1 Å². The summed E-state index contributed by atoms with van der Waals surface area (Å²) in [6.45, 7) is 1.31. The fourth-order valence-corrected chi connectivity index (χ4v) is 2.37. The number of nitrogens with zero attached hydrogens (tertiary/aromatic N) is 1. The van der Waals surface area contributed by atoms with Gasteiger partial charge in [0.05, 0.1) is 0 Å². The summed E-state index contributed by atoms with van der Waals surface area (Å²) in [6.07, 6.45) is 1.10. The highest BCUT2D eigenvalue weighted by Crippen LogP contribution is 2.17. The number of ketones is 1. The first-order chi connectivity index (χ1) is 9.60. The van der Waals surface area contributed by atoms with Crippen molar-refractivity contribution in [3.8, 4) is 0 Å². The van der Waals surface area contributed by atoms with Gasteiger partial charge in [0.15, 0.2) is 5.78 Å². The van der Waals surface area contributed by atoms with Crippen molar-refractivity contribution in [1.29, 1.82) is 0 Å².